The molecular formula is C27H25ClN4O3. The molecule has 0 amide bonds. The number of carbonyl (C=O) groups is 1. The van der Waals surface area contributed by atoms with Crippen molar-refractivity contribution in [2.75, 3.05) is 12.4 Å². The van der Waals surface area contributed by atoms with E-state index < -0.39 is 0 Å². The highest BCUT2D eigenvalue weighted by molar-refractivity contribution is 6.32. The maximum atomic E-state index is 13.1. The number of hydrogen-bond donors (Lipinski definition) is 2. The van der Waals surface area contributed by atoms with Gasteiger partial charge in [-0.25, -0.2) is 4.98 Å². The second-order valence-corrected chi connectivity index (χ2v) is 9.40. The fraction of sp³-hybridized carbons (Fsp3) is 0.296. The number of rotatable bonds is 6. The molecule has 0 radical (unpaired) electrons. The van der Waals surface area contributed by atoms with Gasteiger partial charge in [-0.05, 0) is 56.4 Å². The van der Waals surface area contributed by atoms with E-state index in [2.05, 4.69) is 15.3 Å². The molecule has 2 N–H and O–H groups in total. The number of benzene rings is 1. The predicted octanol–water partition coefficient (Wildman–Crippen LogP) is 6.48. The molecule has 1 aromatic carbocycles. The highest BCUT2D eigenvalue weighted by Crippen LogP contribution is 2.43. The Morgan fingerprint density at radius 1 is 1.11 bits per heavy atom. The quantitative estimate of drug-likeness (QED) is 0.323. The number of halogens is 1. The summed E-state index contributed by atoms with van der Waals surface area (Å²) >= 11 is 6.38. The van der Waals surface area contributed by atoms with Crippen LogP contribution in [0.5, 0.6) is 11.6 Å². The van der Waals surface area contributed by atoms with Crippen LogP contribution in [0.2, 0.25) is 5.02 Å². The minimum atomic E-state index is 0.109. The molecule has 0 spiro atoms. The second-order valence-electron chi connectivity index (χ2n) is 9.00. The van der Waals surface area contributed by atoms with Crippen molar-refractivity contribution in [2.45, 2.75) is 44.6 Å². The number of ether oxygens (including phenoxy) is 2. The number of hydrogen-bond acceptors (Lipinski definition) is 6. The summed E-state index contributed by atoms with van der Waals surface area (Å²) in [4.78, 5) is 26.0. The first-order valence-electron chi connectivity index (χ1n) is 11.9. The molecule has 3 heterocycles. The zero-order chi connectivity index (χ0) is 23.9. The van der Waals surface area contributed by atoms with E-state index in [0.717, 1.165) is 53.7 Å². The highest BCUT2D eigenvalue weighted by atomic mass is 35.5. The number of H-pyrrole nitrogens is 1. The van der Waals surface area contributed by atoms with Crippen molar-refractivity contribution in [1.82, 2.24) is 15.0 Å². The van der Waals surface area contributed by atoms with Crippen LogP contribution in [0.15, 0.2) is 42.6 Å². The molecule has 178 valence electrons. The number of aromatic nitrogens is 3. The maximum absolute atomic E-state index is 13.1. The Balaban J connectivity index is 1.52. The van der Waals surface area contributed by atoms with Crippen molar-refractivity contribution in [3.63, 3.8) is 0 Å². The van der Waals surface area contributed by atoms with E-state index in [0.29, 0.717) is 40.0 Å². The fourth-order valence-corrected chi connectivity index (χ4v) is 5.06. The number of methoxy groups -OCH3 is 1. The van der Waals surface area contributed by atoms with E-state index >= 15 is 0 Å². The molecule has 7 nitrogen and oxygen atoms in total. The minimum absolute atomic E-state index is 0.109. The molecule has 0 bridgehead atoms. The molecule has 35 heavy (non-hydrogen) atoms. The van der Waals surface area contributed by atoms with Crippen molar-refractivity contribution >= 4 is 39.8 Å². The van der Waals surface area contributed by atoms with Gasteiger partial charge in [-0.3, -0.25) is 9.78 Å². The van der Waals surface area contributed by atoms with Crippen LogP contribution in [0.3, 0.4) is 0 Å². The largest absolute Gasteiger partial charge is 0.493 e. The number of carbonyl (C=O) groups excluding carboxylic acids is 1. The first-order chi connectivity index (χ1) is 17.1. The summed E-state index contributed by atoms with van der Waals surface area (Å²) in [6, 6.07) is 11.2. The molecule has 1 saturated carbocycles. The van der Waals surface area contributed by atoms with Crippen molar-refractivity contribution in [3.05, 3.63) is 58.9 Å². The second kappa shape index (κ2) is 8.89. The third-order valence-corrected chi connectivity index (χ3v) is 7.08. The summed E-state index contributed by atoms with van der Waals surface area (Å²) in [6.07, 6.45) is 7.42. The van der Waals surface area contributed by atoms with Gasteiger partial charge in [0.15, 0.2) is 11.5 Å². The number of aryl methyl sites for hydroxylation is 1. The Morgan fingerprint density at radius 3 is 2.80 bits per heavy atom. The first-order valence-corrected chi connectivity index (χ1v) is 12.3. The number of para-hydroxylation sites is 1. The monoisotopic (exact) mass is 488 g/mol. The van der Waals surface area contributed by atoms with Gasteiger partial charge in [-0.15, -0.1) is 0 Å². The minimum Gasteiger partial charge on any atom is -0.493 e. The number of fused-ring (bicyclic) bond motifs is 2. The highest BCUT2D eigenvalue weighted by Gasteiger charge is 2.29. The molecule has 6 rings (SSSR count). The fourth-order valence-electron chi connectivity index (χ4n) is 4.81. The third-order valence-electron chi connectivity index (χ3n) is 6.79. The van der Waals surface area contributed by atoms with E-state index in [1.807, 2.05) is 30.3 Å². The Kier molecular flexibility index (Phi) is 5.57. The molecule has 4 aromatic rings. The van der Waals surface area contributed by atoms with Gasteiger partial charge in [-0.2, -0.15) is 0 Å². The molecule has 0 saturated heterocycles. The van der Waals surface area contributed by atoms with Crippen molar-refractivity contribution in [3.8, 4) is 22.9 Å². The maximum Gasteiger partial charge on any atom is 0.214 e. The van der Waals surface area contributed by atoms with Gasteiger partial charge in [0.25, 0.3) is 0 Å². The van der Waals surface area contributed by atoms with Crippen molar-refractivity contribution in [2.24, 2.45) is 0 Å². The zero-order valence-corrected chi connectivity index (χ0v) is 20.1. The number of aromatic amines is 1. The number of nitrogens with zero attached hydrogens (tertiary/aromatic N) is 2. The van der Waals surface area contributed by atoms with Gasteiger partial charge in [0.1, 0.15) is 11.6 Å². The standard InChI is InChI=1S/C27H25ClN4O3/c1-34-27-17(28)7-3-9-20(27)31-26-23-18(8-4-10-21(23)33)30-25(26)16-13-14-29-19-11-12-22(32-24(16)19)35-15-5-2-6-15/h3,7,9,11-15,30-31H,2,4-6,8,10H2,1H3. The van der Waals surface area contributed by atoms with E-state index in [1.165, 1.54) is 6.42 Å². The number of ketones is 1. The van der Waals surface area contributed by atoms with Gasteiger partial charge in [0, 0.05) is 29.9 Å². The summed E-state index contributed by atoms with van der Waals surface area (Å²) in [5.41, 5.74) is 6.09. The molecular weight excluding hydrogens is 464 g/mol. The summed E-state index contributed by atoms with van der Waals surface area (Å²) < 4.78 is 11.6. The molecule has 0 atom stereocenters. The lowest BCUT2D eigenvalue weighted by Crippen LogP contribution is -2.24. The van der Waals surface area contributed by atoms with Gasteiger partial charge >= 0.3 is 0 Å². The summed E-state index contributed by atoms with van der Waals surface area (Å²) in [7, 11) is 1.58. The van der Waals surface area contributed by atoms with E-state index in [-0.39, 0.29) is 11.9 Å². The van der Waals surface area contributed by atoms with Crippen LogP contribution in [0, 0.1) is 0 Å². The average molecular weight is 489 g/mol. The SMILES string of the molecule is COc1c(Cl)cccc1Nc1c(-c2ccnc3ccc(OC4CCC4)nc23)[nH]c2c1C(=O)CCC2. The Hall–Kier alpha value is -3.58. The number of pyridine rings is 2. The van der Waals surface area contributed by atoms with Crippen LogP contribution >= 0.6 is 11.6 Å². The Morgan fingerprint density at radius 2 is 2.00 bits per heavy atom. The predicted molar refractivity (Wildman–Crippen MR) is 136 cm³/mol. The molecule has 2 aliphatic rings. The van der Waals surface area contributed by atoms with E-state index in [1.54, 1.807) is 19.4 Å². The molecule has 0 unspecified atom stereocenters. The lowest BCUT2D eigenvalue weighted by atomic mass is 9.94. The van der Waals surface area contributed by atoms with Gasteiger partial charge in [0.2, 0.25) is 5.88 Å². The third kappa shape index (κ3) is 3.90. The summed E-state index contributed by atoms with van der Waals surface area (Å²) in [6.45, 7) is 0. The van der Waals surface area contributed by atoms with Crippen LogP contribution in [-0.2, 0) is 6.42 Å². The van der Waals surface area contributed by atoms with Gasteiger partial charge < -0.3 is 19.8 Å². The van der Waals surface area contributed by atoms with Crippen molar-refractivity contribution in [1.29, 1.82) is 0 Å². The zero-order valence-electron chi connectivity index (χ0n) is 19.4. The lowest BCUT2D eigenvalue weighted by molar-refractivity contribution is 0.0973. The van der Waals surface area contributed by atoms with Crippen LogP contribution in [0.1, 0.15) is 48.2 Å². The lowest BCUT2D eigenvalue weighted by Gasteiger charge is -2.25. The van der Waals surface area contributed by atoms with Crippen LogP contribution in [0.4, 0.5) is 11.4 Å². The number of nitrogens with one attached hydrogen (secondary N) is 2. The smallest absolute Gasteiger partial charge is 0.214 e. The van der Waals surface area contributed by atoms with Crippen LogP contribution < -0.4 is 14.8 Å². The molecule has 2 aliphatic carbocycles. The molecule has 3 aromatic heterocycles. The summed E-state index contributed by atoms with van der Waals surface area (Å²) in [5, 5.41) is 3.95. The average Bonchev–Trinajstić information content (AvgIpc) is 3.20. The van der Waals surface area contributed by atoms with E-state index in [4.69, 9.17) is 26.1 Å². The van der Waals surface area contributed by atoms with E-state index in [9.17, 15) is 4.79 Å². The Labute approximate surface area is 207 Å². The number of anilines is 2. The van der Waals surface area contributed by atoms with Gasteiger partial charge in [0.05, 0.1) is 40.3 Å². The Bertz CT molecular complexity index is 1440. The molecule has 0 aliphatic heterocycles. The number of Topliss-reactive ketones (excluding diaryl/α,β-unsaturated/α-hetero) is 1. The topological polar surface area (TPSA) is 89.1 Å². The first kappa shape index (κ1) is 21.9. The van der Waals surface area contributed by atoms with Crippen molar-refractivity contribution < 1.29 is 14.3 Å². The molecule has 8 heteroatoms. The van der Waals surface area contributed by atoms with Gasteiger partial charge in [-0.1, -0.05) is 17.7 Å². The molecule has 1 fully saturated rings. The van der Waals surface area contributed by atoms with Crippen LogP contribution in [-0.4, -0.2) is 33.9 Å². The van der Waals surface area contributed by atoms with Crippen LogP contribution in [0.25, 0.3) is 22.3 Å². The summed E-state index contributed by atoms with van der Waals surface area (Å²) in [5.74, 6) is 1.22. The normalized spacial score (nSPS) is 15.5.